The maximum Gasteiger partial charge on any atom is 0.316 e. The van der Waals surface area contributed by atoms with Crippen molar-refractivity contribution in [3.8, 4) is 0 Å². The van der Waals surface area contributed by atoms with Crippen LogP contribution in [0.5, 0.6) is 0 Å². The van der Waals surface area contributed by atoms with Crippen LogP contribution in [0.4, 0.5) is 0 Å². The Morgan fingerprint density at radius 3 is 2.56 bits per heavy atom. The number of ether oxygens (including phenoxy) is 1. The molecule has 3 fully saturated rings. The molecule has 194 valence electrons. The van der Waals surface area contributed by atoms with Crippen LogP contribution in [0.25, 0.3) is 0 Å². The molecule has 0 aromatic heterocycles. The average molecular weight is 494 g/mol. The number of hydrogen-bond donors (Lipinski definition) is 1. The van der Waals surface area contributed by atoms with Gasteiger partial charge in [-0.05, 0) is 56.0 Å². The second-order valence-corrected chi connectivity index (χ2v) is 12.7. The summed E-state index contributed by atoms with van der Waals surface area (Å²) in [5, 5.41) is 11.6. The molecule has 0 saturated heterocycles. The number of rotatable bonds is 9. The molecule has 0 aromatic carbocycles. The molecule has 2 unspecified atom stereocenters. The first-order valence-electron chi connectivity index (χ1n) is 13.3. The van der Waals surface area contributed by atoms with E-state index in [1.807, 2.05) is 13.0 Å². The molecule has 3 saturated carbocycles. The number of aliphatic hydroxyl groups is 1. The maximum absolute atomic E-state index is 13.4. The van der Waals surface area contributed by atoms with Gasteiger partial charge in [0.15, 0.2) is 0 Å². The standard InChI is InChI=1S/C28H47NO4S/c1-8-26(6)17-22(33-23(31)18-34-16-15-29(9-2)10-3)27(7)19(4)11-13-28(20(5)25(26)32)14-12-21(30)24(27)28/h8,19-20,22,24-25,32H,1,9-18H2,2-7H3/t19?,20-,22+,24-,25-,26+,27?,28-/m0/s1. The van der Waals surface area contributed by atoms with Gasteiger partial charge < -0.3 is 14.7 Å². The lowest BCUT2D eigenvalue weighted by atomic mass is 9.44. The number of nitrogens with zero attached hydrogens (tertiary/aromatic N) is 1. The van der Waals surface area contributed by atoms with E-state index in [9.17, 15) is 14.7 Å². The third-order valence-electron chi connectivity index (χ3n) is 10.2. The van der Waals surface area contributed by atoms with Crippen LogP contribution in [0, 0.1) is 34.0 Å². The number of carbonyl (C=O) groups excluding carboxylic acids is 2. The Morgan fingerprint density at radius 2 is 1.94 bits per heavy atom. The molecular formula is C28H47NO4S. The summed E-state index contributed by atoms with van der Waals surface area (Å²) >= 11 is 1.61. The van der Waals surface area contributed by atoms with E-state index >= 15 is 0 Å². The number of hydrogen-bond acceptors (Lipinski definition) is 6. The van der Waals surface area contributed by atoms with E-state index in [0.29, 0.717) is 24.4 Å². The molecule has 0 heterocycles. The zero-order valence-electron chi connectivity index (χ0n) is 22.3. The summed E-state index contributed by atoms with van der Waals surface area (Å²) in [6.07, 6.45) is 4.64. The van der Waals surface area contributed by atoms with Crippen molar-refractivity contribution >= 4 is 23.5 Å². The normalized spacial score (nSPS) is 42.1. The fourth-order valence-electron chi connectivity index (χ4n) is 7.58. The molecular weight excluding hydrogens is 446 g/mol. The van der Waals surface area contributed by atoms with E-state index < -0.39 is 23.0 Å². The predicted molar refractivity (Wildman–Crippen MR) is 140 cm³/mol. The van der Waals surface area contributed by atoms with Gasteiger partial charge in [-0.3, -0.25) is 9.59 Å². The highest BCUT2D eigenvalue weighted by Gasteiger charge is 2.68. The molecule has 3 aliphatic rings. The van der Waals surface area contributed by atoms with Crippen LogP contribution in [-0.4, -0.2) is 65.1 Å². The Morgan fingerprint density at radius 1 is 1.26 bits per heavy atom. The molecule has 0 radical (unpaired) electrons. The minimum atomic E-state index is -0.624. The van der Waals surface area contributed by atoms with E-state index in [0.717, 1.165) is 44.6 Å². The SMILES string of the molecule is C=C[C@]1(C)C[C@@H](OC(=O)CSCCN(CC)CC)C2(C)C(C)CC[C@]3(CCC(=O)[C@@H]23)[C@@H](C)[C@@H]1O. The van der Waals surface area contributed by atoms with Gasteiger partial charge in [0.2, 0.25) is 0 Å². The molecule has 0 aromatic rings. The van der Waals surface area contributed by atoms with Crippen LogP contribution in [0.15, 0.2) is 12.7 Å². The van der Waals surface area contributed by atoms with Crippen molar-refractivity contribution in [1.29, 1.82) is 0 Å². The molecule has 3 aliphatic carbocycles. The summed E-state index contributed by atoms with van der Waals surface area (Å²) in [7, 11) is 0. The molecule has 8 atom stereocenters. The molecule has 0 aliphatic heterocycles. The third kappa shape index (κ3) is 4.64. The lowest BCUT2D eigenvalue weighted by Gasteiger charge is -2.61. The Bertz CT molecular complexity index is 770. The van der Waals surface area contributed by atoms with Gasteiger partial charge in [-0.25, -0.2) is 0 Å². The number of ketones is 1. The highest BCUT2D eigenvalue weighted by Crippen LogP contribution is 2.67. The van der Waals surface area contributed by atoms with Crippen molar-refractivity contribution in [2.45, 2.75) is 85.9 Å². The highest BCUT2D eigenvalue weighted by molar-refractivity contribution is 7.99. The number of Topliss-reactive ketones (excluding diaryl/α,β-unsaturated/α-hetero) is 1. The Hall–Kier alpha value is -0.850. The highest BCUT2D eigenvalue weighted by atomic mass is 32.2. The van der Waals surface area contributed by atoms with Gasteiger partial charge in [0.25, 0.3) is 0 Å². The first kappa shape index (κ1) is 27.7. The third-order valence-corrected chi connectivity index (χ3v) is 11.2. The fourth-order valence-corrected chi connectivity index (χ4v) is 8.35. The first-order chi connectivity index (χ1) is 16.0. The smallest absolute Gasteiger partial charge is 0.316 e. The maximum atomic E-state index is 13.4. The number of carbonyl (C=O) groups is 2. The second-order valence-electron chi connectivity index (χ2n) is 11.6. The first-order valence-corrected chi connectivity index (χ1v) is 14.5. The lowest BCUT2D eigenvalue weighted by Crippen LogP contribution is -2.63. The van der Waals surface area contributed by atoms with Gasteiger partial charge in [0, 0.05) is 35.5 Å². The van der Waals surface area contributed by atoms with Crippen LogP contribution in [-0.2, 0) is 14.3 Å². The molecule has 2 bridgehead atoms. The Balaban J connectivity index is 1.88. The summed E-state index contributed by atoms with van der Waals surface area (Å²) in [5.41, 5.74) is -1.25. The zero-order valence-corrected chi connectivity index (χ0v) is 23.1. The summed E-state index contributed by atoms with van der Waals surface area (Å²) in [4.78, 5) is 28.9. The largest absolute Gasteiger partial charge is 0.461 e. The van der Waals surface area contributed by atoms with E-state index in [-0.39, 0.29) is 29.1 Å². The summed E-state index contributed by atoms with van der Waals surface area (Å²) in [5.74, 6) is 1.37. The minimum absolute atomic E-state index is 0.00828. The van der Waals surface area contributed by atoms with E-state index in [1.54, 1.807) is 11.8 Å². The van der Waals surface area contributed by atoms with Gasteiger partial charge in [0.05, 0.1) is 11.9 Å². The average Bonchev–Trinajstić information content (AvgIpc) is 3.17. The van der Waals surface area contributed by atoms with E-state index in [4.69, 9.17) is 4.74 Å². The number of aliphatic hydroxyl groups excluding tert-OH is 1. The quantitative estimate of drug-likeness (QED) is 0.278. The van der Waals surface area contributed by atoms with Crippen molar-refractivity contribution in [3.05, 3.63) is 12.7 Å². The fraction of sp³-hybridized carbons (Fsp3) is 0.857. The molecule has 1 N–H and O–H groups in total. The van der Waals surface area contributed by atoms with Crippen LogP contribution in [0.1, 0.15) is 73.6 Å². The summed E-state index contributed by atoms with van der Waals surface area (Å²) < 4.78 is 6.30. The minimum Gasteiger partial charge on any atom is -0.461 e. The second kappa shape index (κ2) is 10.6. The molecule has 0 spiro atoms. The van der Waals surface area contributed by atoms with Crippen LogP contribution in [0.2, 0.25) is 0 Å². The molecule has 0 amide bonds. The van der Waals surface area contributed by atoms with Crippen molar-refractivity contribution in [2.24, 2.45) is 34.0 Å². The zero-order chi connectivity index (χ0) is 25.3. The Labute approximate surface area is 211 Å². The molecule has 34 heavy (non-hydrogen) atoms. The van der Waals surface area contributed by atoms with Crippen LogP contribution in [0.3, 0.4) is 0 Å². The monoisotopic (exact) mass is 493 g/mol. The van der Waals surface area contributed by atoms with Crippen LogP contribution >= 0.6 is 11.8 Å². The van der Waals surface area contributed by atoms with E-state index in [2.05, 4.69) is 46.1 Å². The number of thioether (sulfide) groups is 1. The Kier molecular flexibility index (Phi) is 8.68. The summed E-state index contributed by atoms with van der Waals surface area (Å²) in [6.45, 7) is 20.0. The van der Waals surface area contributed by atoms with Crippen LogP contribution < -0.4 is 0 Å². The van der Waals surface area contributed by atoms with Crippen molar-refractivity contribution in [2.75, 3.05) is 31.1 Å². The van der Waals surface area contributed by atoms with Crippen molar-refractivity contribution in [1.82, 2.24) is 4.90 Å². The van der Waals surface area contributed by atoms with Gasteiger partial charge in [-0.2, -0.15) is 0 Å². The number of esters is 1. The summed E-state index contributed by atoms with van der Waals surface area (Å²) in [6, 6.07) is 0. The van der Waals surface area contributed by atoms with Crippen molar-refractivity contribution in [3.63, 3.8) is 0 Å². The van der Waals surface area contributed by atoms with E-state index in [1.165, 1.54) is 0 Å². The molecule has 3 rings (SSSR count). The van der Waals surface area contributed by atoms with Gasteiger partial charge in [-0.15, -0.1) is 18.3 Å². The lowest BCUT2D eigenvalue weighted by molar-refractivity contribution is -0.205. The topological polar surface area (TPSA) is 66.8 Å². The van der Waals surface area contributed by atoms with Crippen molar-refractivity contribution < 1.29 is 19.4 Å². The predicted octanol–water partition coefficient (Wildman–Crippen LogP) is 4.97. The van der Waals surface area contributed by atoms with Gasteiger partial charge in [-0.1, -0.05) is 47.6 Å². The molecule has 6 heteroatoms. The molecule has 5 nitrogen and oxygen atoms in total. The van der Waals surface area contributed by atoms with Gasteiger partial charge >= 0.3 is 5.97 Å². The van der Waals surface area contributed by atoms with Gasteiger partial charge in [0.1, 0.15) is 11.9 Å².